The van der Waals surface area contributed by atoms with Crippen LogP contribution in [0.3, 0.4) is 0 Å². The van der Waals surface area contributed by atoms with Crippen molar-refractivity contribution in [3.05, 3.63) is 21.9 Å². The van der Waals surface area contributed by atoms with Gasteiger partial charge >= 0.3 is 5.97 Å². The van der Waals surface area contributed by atoms with Crippen molar-refractivity contribution in [3.63, 3.8) is 0 Å². The van der Waals surface area contributed by atoms with Crippen LogP contribution >= 0.6 is 11.3 Å². The van der Waals surface area contributed by atoms with Crippen LogP contribution in [0.2, 0.25) is 0 Å². The molecule has 0 spiro atoms. The van der Waals surface area contributed by atoms with Gasteiger partial charge in [-0.3, -0.25) is 0 Å². The SMILES string of the molecule is CC(O)CCN(C)Cc1ccsc1C(=O)O. The fourth-order valence-corrected chi connectivity index (χ4v) is 2.18. The van der Waals surface area contributed by atoms with Gasteiger partial charge in [0.2, 0.25) is 0 Å². The van der Waals surface area contributed by atoms with Crippen LogP contribution in [-0.2, 0) is 6.54 Å². The van der Waals surface area contributed by atoms with Gasteiger partial charge in [0, 0.05) is 13.1 Å². The van der Waals surface area contributed by atoms with Gasteiger partial charge in [0.15, 0.2) is 0 Å². The van der Waals surface area contributed by atoms with Gasteiger partial charge in [0.1, 0.15) is 4.88 Å². The van der Waals surface area contributed by atoms with Gasteiger partial charge in [-0.2, -0.15) is 0 Å². The first-order valence-corrected chi connectivity index (χ1v) is 6.05. The lowest BCUT2D eigenvalue weighted by Gasteiger charge is -2.17. The Hall–Kier alpha value is -0.910. The van der Waals surface area contributed by atoms with E-state index in [9.17, 15) is 4.79 Å². The highest BCUT2D eigenvalue weighted by atomic mass is 32.1. The smallest absolute Gasteiger partial charge is 0.346 e. The minimum Gasteiger partial charge on any atom is -0.477 e. The molecule has 0 aromatic carbocycles. The largest absolute Gasteiger partial charge is 0.477 e. The summed E-state index contributed by atoms with van der Waals surface area (Å²) in [6, 6.07) is 1.84. The highest BCUT2D eigenvalue weighted by Gasteiger charge is 2.13. The number of rotatable bonds is 6. The number of carbonyl (C=O) groups is 1. The third kappa shape index (κ3) is 3.92. The summed E-state index contributed by atoms with van der Waals surface area (Å²) >= 11 is 1.25. The van der Waals surface area contributed by atoms with Gasteiger partial charge < -0.3 is 15.1 Å². The summed E-state index contributed by atoms with van der Waals surface area (Å²) in [5.74, 6) is -0.867. The molecule has 0 aliphatic heterocycles. The van der Waals surface area contributed by atoms with Crippen LogP contribution in [0.1, 0.15) is 28.6 Å². The van der Waals surface area contributed by atoms with E-state index in [0.717, 1.165) is 12.1 Å². The number of aromatic carboxylic acids is 1. The zero-order valence-corrected chi connectivity index (χ0v) is 10.3. The van der Waals surface area contributed by atoms with E-state index in [2.05, 4.69) is 0 Å². The van der Waals surface area contributed by atoms with Crippen LogP contribution in [0.5, 0.6) is 0 Å². The Bertz CT molecular complexity index is 349. The summed E-state index contributed by atoms with van der Waals surface area (Å²) in [6.45, 7) is 3.12. The molecule has 1 heterocycles. The van der Waals surface area contributed by atoms with E-state index < -0.39 is 5.97 Å². The van der Waals surface area contributed by atoms with Crippen molar-refractivity contribution >= 4 is 17.3 Å². The van der Waals surface area contributed by atoms with Crippen LogP contribution in [0, 0.1) is 0 Å². The standard InChI is InChI=1S/C11H17NO3S/c1-8(13)3-5-12(2)7-9-4-6-16-10(9)11(14)15/h4,6,8,13H,3,5,7H2,1-2H3,(H,14,15). The highest BCUT2D eigenvalue weighted by Crippen LogP contribution is 2.18. The summed E-state index contributed by atoms with van der Waals surface area (Å²) < 4.78 is 0. The lowest BCUT2D eigenvalue weighted by molar-refractivity contribution is 0.0700. The quantitative estimate of drug-likeness (QED) is 0.797. The van der Waals surface area contributed by atoms with Gasteiger partial charge in [-0.1, -0.05) is 0 Å². The Morgan fingerprint density at radius 3 is 2.88 bits per heavy atom. The van der Waals surface area contributed by atoms with E-state index in [-0.39, 0.29) is 6.10 Å². The lowest BCUT2D eigenvalue weighted by Crippen LogP contribution is -2.22. The Labute approximate surface area is 99.1 Å². The molecule has 1 aromatic heterocycles. The Morgan fingerprint density at radius 2 is 2.31 bits per heavy atom. The van der Waals surface area contributed by atoms with Crippen molar-refractivity contribution in [2.24, 2.45) is 0 Å². The molecule has 0 bridgehead atoms. The number of carboxylic acids is 1. The maximum Gasteiger partial charge on any atom is 0.346 e. The minimum atomic E-state index is -0.867. The van der Waals surface area contributed by atoms with Crippen LogP contribution in [-0.4, -0.2) is 40.8 Å². The fourth-order valence-electron chi connectivity index (χ4n) is 1.42. The van der Waals surface area contributed by atoms with Crippen LogP contribution in [0.25, 0.3) is 0 Å². The molecule has 0 radical (unpaired) electrons. The van der Waals surface area contributed by atoms with E-state index in [4.69, 9.17) is 10.2 Å². The molecule has 90 valence electrons. The third-order valence-corrected chi connectivity index (χ3v) is 3.25. The first-order valence-electron chi connectivity index (χ1n) is 5.17. The number of hydrogen-bond donors (Lipinski definition) is 2. The summed E-state index contributed by atoms with van der Waals surface area (Å²) in [7, 11) is 1.92. The van der Waals surface area contributed by atoms with E-state index >= 15 is 0 Å². The molecule has 0 fully saturated rings. The Kier molecular flexibility index (Phi) is 4.92. The molecule has 0 amide bonds. The van der Waals surface area contributed by atoms with Gasteiger partial charge in [0.25, 0.3) is 0 Å². The van der Waals surface area contributed by atoms with Crippen molar-refractivity contribution in [1.82, 2.24) is 4.90 Å². The topological polar surface area (TPSA) is 60.8 Å². The maximum absolute atomic E-state index is 10.9. The number of aliphatic hydroxyl groups is 1. The minimum absolute atomic E-state index is 0.316. The summed E-state index contributed by atoms with van der Waals surface area (Å²) in [4.78, 5) is 13.3. The van der Waals surface area contributed by atoms with Crippen molar-refractivity contribution in [3.8, 4) is 0 Å². The van der Waals surface area contributed by atoms with Gasteiger partial charge in [-0.25, -0.2) is 4.79 Å². The first-order chi connectivity index (χ1) is 7.50. The second-order valence-electron chi connectivity index (χ2n) is 3.96. The number of thiophene rings is 1. The van der Waals surface area contributed by atoms with Gasteiger partial charge in [-0.05, 0) is 37.4 Å². The molecule has 0 saturated heterocycles. The predicted octanol–water partition coefficient (Wildman–Crippen LogP) is 1.65. The molecule has 1 rings (SSSR count). The molecular formula is C11H17NO3S. The zero-order chi connectivity index (χ0) is 12.1. The molecule has 0 saturated carbocycles. The van der Waals surface area contributed by atoms with E-state index in [1.54, 1.807) is 12.3 Å². The highest BCUT2D eigenvalue weighted by molar-refractivity contribution is 7.12. The fraction of sp³-hybridized carbons (Fsp3) is 0.545. The van der Waals surface area contributed by atoms with Crippen molar-refractivity contribution in [1.29, 1.82) is 0 Å². The normalized spacial score (nSPS) is 13.0. The molecule has 16 heavy (non-hydrogen) atoms. The van der Waals surface area contributed by atoms with Crippen molar-refractivity contribution in [2.75, 3.05) is 13.6 Å². The molecular weight excluding hydrogens is 226 g/mol. The number of nitrogens with zero attached hydrogens (tertiary/aromatic N) is 1. The molecule has 5 heteroatoms. The number of carboxylic acid groups (broad SMARTS) is 1. The molecule has 4 nitrogen and oxygen atoms in total. The lowest BCUT2D eigenvalue weighted by atomic mass is 10.2. The molecule has 0 aliphatic rings. The van der Waals surface area contributed by atoms with Gasteiger partial charge in [-0.15, -0.1) is 11.3 Å². The van der Waals surface area contributed by atoms with Gasteiger partial charge in [0.05, 0.1) is 6.10 Å². The Morgan fingerprint density at radius 1 is 1.62 bits per heavy atom. The first kappa shape index (κ1) is 13.2. The molecule has 1 aromatic rings. The zero-order valence-electron chi connectivity index (χ0n) is 9.51. The van der Waals surface area contributed by atoms with E-state index in [1.807, 2.05) is 18.0 Å². The third-order valence-electron chi connectivity index (χ3n) is 2.31. The summed E-state index contributed by atoms with van der Waals surface area (Å²) in [5, 5.41) is 19.9. The maximum atomic E-state index is 10.9. The van der Waals surface area contributed by atoms with Crippen molar-refractivity contribution in [2.45, 2.75) is 26.0 Å². The van der Waals surface area contributed by atoms with Crippen molar-refractivity contribution < 1.29 is 15.0 Å². The average molecular weight is 243 g/mol. The predicted molar refractivity (Wildman–Crippen MR) is 63.9 cm³/mol. The Balaban J connectivity index is 2.52. The molecule has 1 unspecified atom stereocenters. The van der Waals surface area contributed by atoms with Crippen LogP contribution in [0.15, 0.2) is 11.4 Å². The molecule has 2 N–H and O–H groups in total. The number of aliphatic hydroxyl groups excluding tert-OH is 1. The monoisotopic (exact) mass is 243 g/mol. The summed E-state index contributed by atoms with van der Waals surface area (Å²) in [6.07, 6.45) is 0.382. The average Bonchev–Trinajstić information content (AvgIpc) is 2.62. The second-order valence-corrected chi connectivity index (χ2v) is 4.87. The summed E-state index contributed by atoms with van der Waals surface area (Å²) in [5.41, 5.74) is 0.839. The van der Waals surface area contributed by atoms with E-state index in [0.29, 0.717) is 17.8 Å². The van der Waals surface area contributed by atoms with E-state index in [1.165, 1.54) is 11.3 Å². The number of hydrogen-bond acceptors (Lipinski definition) is 4. The molecule has 1 atom stereocenters. The second kappa shape index (κ2) is 5.98. The van der Waals surface area contributed by atoms with Crippen LogP contribution < -0.4 is 0 Å². The van der Waals surface area contributed by atoms with Crippen LogP contribution in [0.4, 0.5) is 0 Å². The molecule has 0 aliphatic carbocycles.